The maximum atomic E-state index is 13.5. The van der Waals surface area contributed by atoms with E-state index in [4.69, 9.17) is 23.2 Å². The van der Waals surface area contributed by atoms with E-state index < -0.39 is 41.4 Å². The Bertz CT molecular complexity index is 816. The lowest BCUT2D eigenvalue weighted by Gasteiger charge is -2.09. The van der Waals surface area contributed by atoms with Crippen molar-refractivity contribution in [2.75, 3.05) is 11.9 Å². The van der Waals surface area contributed by atoms with Crippen molar-refractivity contribution in [3.05, 3.63) is 63.4 Å². The second-order valence-corrected chi connectivity index (χ2v) is 5.42. The van der Waals surface area contributed by atoms with Crippen LogP contribution >= 0.6 is 23.2 Å². The van der Waals surface area contributed by atoms with E-state index >= 15 is 0 Å². The first-order valence-corrected chi connectivity index (χ1v) is 7.21. The third-order valence-electron chi connectivity index (χ3n) is 2.89. The van der Waals surface area contributed by atoms with Crippen molar-refractivity contribution in [3.63, 3.8) is 0 Å². The lowest BCUT2D eigenvalue weighted by Crippen LogP contribution is -2.33. The summed E-state index contributed by atoms with van der Waals surface area (Å²) in [6, 6.07) is 5.75. The number of anilines is 1. The van der Waals surface area contributed by atoms with Gasteiger partial charge in [0.15, 0.2) is 17.5 Å². The molecule has 0 heterocycles. The molecule has 2 amide bonds. The first-order valence-electron chi connectivity index (χ1n) is 6.46. The van der Waals surface area contributed by atoms with E-state index in [-0.39, 0.29) is 10.7 Å². The lowest BCUT2D eigenvalue weighted by molar-refractivity contribution is -0.115. The van der Waals surface area contributed by atoms with Crippen molar-refractivity contribution < 1.29 is 22.8 Å². The predicted molar refractivity (Wildman–Crippen MR) is 83.7 cm³/mol. The molecule has 0 aliphatic heterocycles. The number of carbonyl (C=O) groups excluding carboxylic acids is 2. The average molecular weight is 377 g/mol. The Morgan fingerprint density at radius 3 is 2.38 bits per heavy atom. The molecule has 2 rings (SSSR count). The molecule has 0 fully saturated rings. The van der Waals surface area contributed by atoms with Crippen LogP contribution in [0.5, 0.6) is 0 Å². The number of hydrogen-bond donors (Lipinski definition) is 2. The highest BCUT2D eigenvalue weighted by molar-refractivity contribution is 6.36. The number of rotatable bonds is 4. The standard InChI is InChI=1S/C15H9Cl2F3N2O2/c16-7-1-4-11(9(17)5-7)22-12(23)6-21-15(24)8-2-3-10(18)14(20)13(8)19/h1-5H,6H2,(H,21,24)(H,22,23). The molecule has 0 unspecified atom stereocenters. The third kappa shape index (κ3) is 4.18. The molecule has 2 aromatic carbocycles. The molecular weight excluding hydrogens is 368 g/mol. The number of nitrogens with one attached hydrogen (secondary N) is 2. The average Bonchev–Trinajstić information content (AvgIpc) is 2.53. The number of halogens is 5. The Morgan fingerprint density at radius 2 is 1.71 bits per heavy atom. The van der Waals surface area contributed by atoms with Gasteiger partial charge in [0.1, 0.15) is 0 Å². The van der Waals surface area contributed by atoms with Crippen molar-refractivity contribution in [2.24, 2.45) is 0 Å². The summed E-state index contributed by atoms with van der Waals surface area (Å²) in [4.78, 5) is 23.5. The summed E-state index contributed by atoms with van der Waals surface area (Å²) in [7, 11) is 0. The van der Waals surface area contributed by atoms with Gasteiger partial charge in [-0.15, -0.1) is 0 Å². The molecule has 0 aliphatic rings. The van der Waals surface area contributed by atoms with E-state index in [1.807, 2.05) is 0 Å². The molecule has 0 spiro atoms. The van der Waals surface area contributed by atoms with Gasteiger partial charge in [-0.25, -0.2) is 13.2 Å². The number of benzene rings is 2. The highest BCUT2D eigenvalue weighted by Crippen LogP contribution is 2.25. The quantitative estimate of drug-likeness (QED) is 0.797. The normalized spacial score (nSPS) is 10.4. The van der Waals surface area contributed by atoms with Crippen molar-refractivity contribution in [3.8, 4) is 0 Å². The van der Waals surface area contributed by atoms with Gasteiger partial charge in [-0.1, -0.05) is 23.2 Å². The number of amides is 2. The van der Waals surface area contributed by atoms with Crippen LogP contribution in [-0.4, -0.2) is 18.4 Å². The molecule has 24 heavy (non-hydrogen) atoms. The minimum absolute atomic E-state index is 0.189. The summed E-state index contributed by atoms with van der Waals surface area (Å²) >= 11 is 11.6. The van der Waals surface area contributed by atoms with E-state index in [9.17, 15) is 22.8 Å². The minimum atomic E-state index is -1.76. The maximum absolute atomic E-state index is 13.5. The van der Waals surface area contributed by atoms with Crippen LogP contribution in [-0.2, 0) is 4.79 Å². The van der Waals surface area contributed by atoms with Gasteiger partial charge in [0.2, 0.25) is 5.91 Å². The highest BCUT2D eigenvalue weighted by Gasteiger charge is 2.19. The van der Waals surface area contributed by atoms with Gasteiger partial charge < -0.3 is 10.6 Å². The van der Waals surface area contributed by atoms with Crippen LogP contribution in [0.1, 0.15) is 10.4 Å². The fourth-order valence-corrected chi connectivity index (χ4v) is 2.20. The molecule has 4 nitrogen and oxygen atoms in total. The molecule has 0 bridgehead atoms. The fraction of sp³-hybridized carbons (Fsp3) is 0.0667. The molecule has 0 aromatic heterocycles. The van der Waals surface area contributed by atoms with Crippen molar-refractivity contribution in [2.45, 2.75) is 0 Å². The molecule has 0 radical (unpaired) electrons. The Balaban J connectivity index is 1.99. The van der Waals surface area contributed by atoms with E-state index in [1.54, 1.807) is 0 Å². The van der Waals surface area contributed by atoms with Gasteiger partial charge in [-0.2, -0.15) is 0 Å². The van der Waals surface area contributed by atoms with Gasteiger partial charge in [0, 0.05) is 5.02 Å². The van der Waals surface area contributed by atoms with Gasteiger partial charge >= 0.3 is 0 Å². The van der Waals surface area contributed by atoms with E-state index in [2.05, 4.69) is 10.6 Å². The second kappa shape index (κ2) is 7.55. The number of carbonyl (C=O) groups is 2. The second-order valence-electron chi connectivity index (χ2n) is 4.58. The SMILES string of the molecule is O=C(CNC(=O)c1ccc(F)c(F)c1F)Nc1ccc(Cl)cc1Cl. The van der Waals surface area contributed by atoms with Crippen LogP contribution in [0.15, 0.2) is 30.3 Å². The predicted octanol–water partition coefficient (Wildman–Crippen LogP) is 3.78. The Kier molecular flexibility index (Phi) is 5.69. The molecule has 0 aliphatic carbocycles. The van der Waals surface area contributed by atoms with Gasteiger partial charge in [-0.05, 0) is 30.3 Å². The maximum Gasteiger partial charge on any atom is 0.254 e. The zero-order chi connectivity index (χ0) is 17.9. The molecule has 2 N–H and O–H groups in total. The van der Waals surface area contributed by atoms with E-state index in [0.29, 0.717) is 11.1 Å². The van der Waals surface area contributed by atoms with Gasteiger partial charge in [-0.3, -0.25) is 9.59 Å². The lowest BCUT2D eigenvalue weighted by atomic mass is 10.2. The zero-order valence-electron chi connectivity index (χ0n) is 11.8. The fourth-order valence-electron chi connectivity index (χ4n) is 1.74. The number of hydrogen-bond acceptors (Lipinski definition) is 2. The summed E-state index contributed by atoms with van der Waals surface area (Å²) in [6.07, 6.45) is 0. The van der Waals surface area contributed by atoms with Crippen molar-refractivity contribution >= 4 is 40.7 Å². The van der Waals surface area contributed by atoms with Crippen LogP contribution in [0, 0.1) is 17.5 Å². The van der Waals surface area contributed by atoms with Crippen LogP contribution in [0.4, 0.5) is 18.9 Å². The minimum Gasteiger partial charge on any atom is -0.343 e. The Labute approximate surface area is 144 Å². The largest absolute Gasteiger partial charge is 0.343 e. The summed E-state index contributed by atoms with van der Waals surface area (Å²) in [5.41, 5.74) is -0.453. The summed E-state index contributed by atoms with van der Waals surface area (Å²) in [5, 5.41) is 5.06. The van der Waals surface area contributed by atoms with Gasteiger partial charge in [0.25, 0.3) is 5.91 Å². The highest BCUT2D eigenvalue weighted by atomic mass is 35.5. The van der Waals surface area contributed by atoms with Crippen molar-refractivity contribution in [1.82, 2.24) is 5.32 Å². The van der Waals surface area contributed by atoms with Crippen LogP contribution in [0.3, 0.4) is 0 Å². The molecule has 2 aromatic rings. The molecular formula is C15H9Cl2F3N2O2. The Hall–Kier alpha value is -2.25. The van der Waals surface area contributed by atoms with Crippen molar-refractivity contribution in [1.29, 1.82) is 0 Å². The van der Waals surface area contributed by atoms with Crippen LogP contribution < -0.4 is 10.6 Å². The van der Waals surface area contributed by atoms with Gasteiger partial charge in [0.05, 0.1) is 22.8 Å². The first kappa shape index (κ1) is 18.1. The van der Waals surface area contributed by atoms with Crippen LogP contribution in [0.25, 0.3) is 0 Å². The summed E-state index contributed by atoms with van der Waals surface area (Å²) < 4.78 is 39.4. The van der Waals surface area contributed by atoms with E-state index in [1.165, 1.54) is 18.2 Å². The zero-order valence-corrected chi connectivity index (χ0v) is 13.3. The molecule has 0 saturated carbocycles. The Morgan fingerprint density at radius 1 is 1.00 bits per heavy atom. The topological polar surface area (TPSA) is 58.2 Å². The molecule has 126 valence electrons. The van der Waals surface area contributed by atoms with E-state index in [0.717, 1.165) is 6.07 Å². The monoisotopic (exact) mass is 376 g/mol. The molecule has 9 heteroatoms. The molecule has 0 saturated heterocycles. The summed E-state index contributed by atoms with van der Waals surface area (Å²) in [5.74, 6) is -6.54. The first-order chi connectivity index (χ1) is 11.3. The smallest absolute Gasteiger partial charge is 0.254 e. The molecule has 0 atom stereocenters. The van der Waals surface area contributed by atoms with Crippen LogP contribution in [0.2, 0.25) is 10.0 Å². The third-order valence-corrected chi connectivity index (χ3v) is 3.44. The summed E-state index contributed by atoms with van der Waals surface area (Å²) in [6.45, 7) is -0.532.